The second-order valence-electron chi connectivity index (χ2n) is 6.05. The molecule has 5 atom stereocenters. The van der Waals surface area contributed by atoms with Gasteiger partial charge in [0.25, 0.3) is 0 Å². The van der Waals surface area contributed by atoms with E-state index < -0.39 is 0 Å². The first kappa shape index (κ1) is 11.8. The molecule has 0 bridgehead atoms. The predicted molar refractivity (Wildman–Crippen MR) is 73.1 cm³/mol. The Morgan fingerprint density at radius 2 is 2.07 bits per heavy atom. The summed E-state index contributed by atoms with van der Waals surface area (Å²) in [6.45, 7) is 12.4. The molecule has 0 aromatic heterocycles. The molecule has 2 saturated heterocycles. The Kier molecular flexibility index (Phi) is 2.90. The molecular weight excluding hydrogens is 200 g/mol. The average Bonchev–Trinajstić information content (AvgIpc) is 2.23. The quantitative estimate of drug-likeness (QED) is 0.661. The number of hydrogen-bond acceptors (Lipinski definition) is 0. The van der Waals surface area contributed by atoms with Crippen LogP contribution < -0.4 is 0 Å². The van der Waals surface area contributed by atoms with E-state index in [4.69, 9.17) is 0 Å². The van der Waals surface area contributed by atoms with Crippen molar-refractivity contribution < 1.29 is 0 Å². The Labute approximate surface area is 97.5 Å². The maximum Gasteiger partial charge on any atom is 0.00145 e. The summed E-state index contributed by atoms with van der Waals surface area (Å²) in [4.78, 5) is 0. The van der Waals surface area contributed by atoms with Gasteiger partial charge in [0.05, 0.1) is 0 Å². The van der Waals surface area contributed by atoms with Gasteiger partial charge in [-0.2, -0.15) is 0 Å². The molecule has 0 aromatic rings. The number of hydrogen-bond donors (Lipinski definition) is 0. The van der Waals surface area contributed by atoms with Crippen LogP contribution in [0.1, 0.15) is 60.3 Å². The Bertz CT molecular complexity index is 244. The maximum atomic E-state index is 2.62. The highest BCUT2D eigenvalue weighted by atomic mass is 32.3. The minimum Gasteiger partial charge on any atom is -0.230 e. The molecule has 0 radical (unpaired) electrons. The fourth-order valence-electron chi connectivity index (χ4n) is 4.45. The molecule has 0 saturated carbocycles. The molecule has 0 nitrogen and oxygen atoms in total. The van der Waals surface area contributed by atoms with Crippen molar-refractivity contribution >= 4 is 10.0 Å². The highest BCUT2D eigenvalue weighted by molar-refractivity contribution is 8.37. The summed E-state index contributed by atoms with van der Waals surface area (Å²) < 4.78 is 0.750. The van der Waals surface area contributed by atoms with E-state index in [1.807, 2.05) is 0 Å². The minimum atomic E-state index is -0.218. The van der Waals surface area contributed by atoms with E-state index in [9.17, 15) is 0 Å². The van der Waals surface area contributed by atoms with Crippen LogP contribution in [-0.2, 0) is 0 Å². The number of fused-ring (bicyclic) bond motifs is 1. The van der Waals surface area contributed by atoms with Crippen LogP contribution in [0.5, 0.6) is 0 Å². The van der Waals surface area contributed by atoms with Gasteiger partial charge in [0.2, 0.25) is 0 Å². The van der Waals surface area contributed by atoms with Crippen LogP contribution in [0.3, 0.4) is 0 Å². The molecular formula is C14H28S. The zero-order valence-corrected chi connectivity index (χ0v) is 12.0. The third-order valence-corrected chi connectivity index (χ3v) is 12.2. The lowest BCUT2D eigenvalue weighted by Gasteiger charge is -2.80. The maximum absolute atomic E-state index is 2.62. The molecule has 2 fully saturated rings. The lowest BCUT2D eigenvalue weighted by atomic mass is 9.85. The van der Waals surface area contributed by atoms with Crippen LogP contribution >= 0.6 is 10.0 Å². The summed E-state index contributed by atoms with van der Waals surface area (Å²) in [5, 5.41) is 2.25. The summed E-state index contributed by atoms with van der Waals surface area (Å²) >= 11 is 0. The zero-order valence-electron chi connectivity index (χ0n) is 11.2. The largest absolute Gasteiger partial charge is 0.230 e. The number of rotatable bonds is 4. The Balaban J connectivity index is 2.21. The van der Waals surface area contributed by atoms with E-state index in [1.54, 1.807) is 18.6 Å². The van der Waals surface area contributed by atoms with Gasteiger partial charge in [-0.3, -0.25) is 0 Å². The van der Waals surface area contributed by atoms with Crippen molar-refractivity contribution in [2.75, 3.05) is 5.75 Å². The highest BCUT2D eigenvalue weighted by Gasteiger charge is 2.67. The van der Waals surface area contributed by atoms with Crippen LogP contribution in [0.15, 0.2) is 0 Å². The van der Waals surface area contributed by atoms with Crippen molar-refractivity contribution in [3.05, 3.63) is 0 Å². The van der Waals surface area contributed by atoms with E-state index in [0.29, 0.717) is 0 Å². The van der Waals surface area contributed by atoms with Crippen molar-refractivity contribution in [2.24, 2.45) is 5.92 Å². The van der Waals surface area contributed by atoms with Gasteiger partial charge >= 0.3 is 0 Å². The van der Waals surface area contributed by atoms with Gasteiger partial charge in [-0.25, -0.2) is 10.0 Å². The van der Waals surface area contributed by atoms with Crippen molar-refractivity contribution in [3.8, 4) is 0 Å². The minimum absolute atomic E-state index is 0.218. The molecule has 0 spiro atoms. The van der Waals surface area contributed by atoms with Crippen LogP contribution in [0.2, 0.25) is 0 Å². The molecule has 2 aliphatic heterocycles. The molecule has 5 unspecified atom stereocenters. The SMILES string of the molecule is CCCS12C(C)CC1CC2(C)C(C)CC. The van der Waals surface area contributed by atoms with Gasteiger partial charge in [-0.05, 0) is 41.4 Å². The van der Waals surface area contributed by atoms with E-state index >= 15 is 0 Å². The normalized spacial score (nSPS) is 54.5. The molecule has 90 valence electrons. The second kappa shape index (κ2) is 3.68. The highest BCUT2D eigenvalue weighted by Crippen LogP contribution is 2.86. The summed E-state index contributed by atoms with van der Waals surface area (Å²) in [6, 6.07) is 0. The average molecular weight is 228 g/mol. The molecule has 0 N–H and O–H groups in total. The van der Waals surface area contributed by atoms with Crippen LogP contribution in [0.4, 0.5) is 0 Å². The molecule has 2 aliphatic rings. The Hall–Kier alpha value is 0.350. The van der Waals surface area contributed by atoms with Gasteiger partial charge < -0.3 is 0 Å². The van der Waals surface area contributed by atoms with Crippen molar-refractivity contribution in [1.29, 1.82) is 0 Å². The predicted octanol–water partition coefficient (Wildman–Crippen LogP) is 4.57. The topological polar surface area (TPSA) is 0 Å². The standard InChI is InChI=1S/C14H28S/c1-6-8-15-12(4)9-13(15)10-14(15,5)11(3)7-2/h11-13H,6-10H2,1-5H3. The van der Waals surface area contributed by atoms with E-state index in [-0.39, 0.29) is 10.0 Å². The van der Waals surface area contributed by atoms with Crippen LogP contribution in [-0.4, -0.2) is 21.0 Å². The first-order chi connectivity index (χ1) is 7.03. The molecule has 15 heavy (non-hydrogen) atoms. The van der Waals surface area contributed by atoms with Crippen molar-refractivity contribution in [2.45, 2.75) is 75.5 Å². The van der Waals surface area contributed by atoms with Crippen molar-refractivity contribution in [1.82, 2.24) is 0 Å². The Morgan fingerprint density at radius 3 is 2.47 bits per heavy atom. The molecule has 0 aliphatic carbocycles. The fourth-order valence-corrected chi connectivity index (χ4v) is 11.3. The molecule has 1 heteroatoms. The van der Waals surface area contributed by atoms with Crippen LogP contribution in [0, 0.1) is 5.92 Å². The van der Waals surface area contributed by atoms with Gasteiger partial charge in [-0.1, -0.05) is 41.0 Å². The summed E-state index contributed by atoms with van der Waals surface area (Å²) in [7, 11) is -0.218. The van der Waals surface area contributed by atoms with Gasteiger partial charge in [0, 0.05) is 4.75 Å². The zero-order chi connectivity index (χ0) is 11.3. The first-order valence-electron chi connectivity index (χ1n) is 6.81. The lowest BCUT2D eigenvalue weighted by molar-refractivity contribution is 0.316. The summed E-state index contributed by atoms with van der Waals surface area (Å²) in [5.74, 6) is 2.53. The Morgan fingerprint density at radius 1 is 1.40 bits per heavy atom. The smallest absolute Gasteiger partial charge is 0.00145 e. The third kappa shape index (κ3) is 1.22. The lowest BCUT2D eigenvalue weighted by Crippen LogP contribution is -2.66. The summed E-state index contributed by atoms with van der Waals surface area (Å²) in [6.07, 6.45) is 5.92. The molecule has 0 aromatic carbocycles. The third-order valence-electron chi connectivity index (χ3n) is 5.61. The second-order valence-corrected chi connectivity index (χ2v) is 10.6. The first-order valence-corrected chi connectivity index (χ1v) is 8.74. The van der Waals surface area contributed by atoms with Gasteiger partial charge in [0.15, 0.2) is 0 Å². The van der Waals surface area contributed by atoms with Gasteiger partial charge in [0.1, 0.15) is 0 Å². The van der Waals surface area contributed by atoms with E-state index in [1.165, 1.54) is 18.1 Å². The van der Waals surface area contributed by atoms with Crippen LogP contribution in [0.25, 0.3) is 0 Å². The monoisotopic (exact) mass is 228 g/mol. The van der Waals surface area contributed by atoms with Gasteiger partial charge in [-0.15, -0.1) is 0 Å². The van der Waals surface area contributed by atoms with E-state index in [2.05, 4.69) is 34.6 Å². The molecule has 2 heterocycles. The van der Waals surface area contributed by atoms with Crippen molar-refractivity contribution in [3.63, 3.8) is 0 Å². The molecule has 2 rings (SSSR count). The summed E-state index contributed by atoms with van der Waals surface area (Å²) in [5.41, 5.74) is 0. The molecule has 0 amide bonds. The fraction of sp³-hybridized carbons (Fsp3) is 1.00. The van der Waals surface area contributed by atoms with E-state index in [0.717, 1.165) is 15.9 Å².